The fourth-order valence-corrected chi connectivity index (χ4v) is 2.99. The maximum Gasteiger partial charge on any atom is 0.0991 e. The number of nitrogens with zero attached hydrogens (tertiary/aromatic N) is 1. The van der Waals surface area contributed by atoms with Crippen LogP contribution in [-0.4, -0.2) is 0 Å². The van der Waals surface area contributed by atoms with Gasteiger partial charge >= 0.3 is 0 Å². The summed E-state index contributed by atoms with van der Waals surface area (Å²) in [5, 5.41) is 8.76. The molecule has 100 valence electrons. The molecule has 0 saturated heterocycles. The first kappa shape index (κ1) is 13.9. The van der Waals surface area contributed by atoms with Crippen LogP contribution in [0.1, 0.15) is 56.6 Å². The van der Waals surface area contributed by atoms with Crippen molar-refractivity contribution in [3.05, 3.63) is 41.5 Å². The standard InChI is InChI=1S/C18H23N/c1-2-3-15-4-6-16(7-5-15)8-9-17-10-12-18(14-19)13-11-17/h8-13,15-16H,2-7H2,1H3/t15-,16-. The van der Waals surface area contributed by atoms with Crippen LogP contribution in [0.25, 0.3) is 6.08 Å². The van der Waals surface area contributed by atoms with Gasteiger partial charge in [-0.1, -0.05) is 44.1 Å². The van der Waals surface area contributed by atoms with E-state index in [0.717, 1.165) is 17.4 Å². The summed E-state index contributed by atoms with van der Waals surface area (Å²) in [7, 11) is 0. The fourth-order valence-electron chi connectivity index (χ4n) is 2.99. The molecule has 0 amide bonds. The average molecular weight is 253 g/mol. The number of hydrogen-bond donors (Lipinski definition) is 0. The second kappa shape index (κ2) is 7.14. The molecule has 1 aliphatic carbocycles. The normalized spacial score (nSPS) is 23.4. The molecular formula is C18H23N. The van der Waals surface area contributed by atoms with Gasteiger partial charge in [-0.2, -0.15) is 5.26 Å². The third-order valence-corrected chi connectivity index (χ3v) is 4.19. The first-order valence-corrected chi connectivity index (χ1v) is 7.50. The van der Waals surface area contributed by atoms with E-state index < -0.39 is 0 Å². The molecule has 0 heterocycles. The molecule has 0 aromatic heterocycles. The van der Waals surface area contributed by atoms with Gasteiger partial charge in [0.15, 0.2) is 0 Å². The predicted molar refractivity (Wildman–Crippen MR) is 80.5 cm³/mol. The van der Waals surface area contributed by atoms with Gasteiger partial charge in [0.25, 0.3) is 0 Å². The lowest BCUT2D eigenvalue weighted by molar-refractivity contribution is 0.295. The van der Waals surface area contributed by atoms with Crippen molar-refractivity contribution in [1.29, 1.82) is 5.26 Å². The van der Waals surface area contributed by atoms with Crippen LogP contribution in [0.4, 0.5) is 0 Å². The molecule has 2 rings (SSSR count). The minimum absolute atomic E-state index is 0.734. The molecule has 1 aromatic rings. The molecule has 0 atom stereocenters. The summed E-state index contributed by atoms with van der Waals surface area (Å²) in [6.45, 7) is 2.29. The molecule has 0 unspecified atom stereocenters. The lowest BCUT2D eigenvalue weighted by Crippen LogP contribution is -2.12. The Hall–Kier alpha value is -1.55. The van der Waals surface area contributed by atoms with E-state index in [0.29, 0.717) is 0 Å². The summed E-state index contributed by atoms with van der Waals surface area (Å²) in [6.07, 6.45) is 12.8. The number of allylic oxidation sites excluding steroid dienone is 1. The largest absolute Gasteiger partial charge is 0.192 e. The molecule has 1 aliphatic rings. The molecule has 19 heavy (non-hydrogen) atoms. The molecule has 0 bridgehead atoms. The molecule has 1 nitrogen and oxygen atoms in total. The van der Waals surface area contributed by atoms with Gasteiger partial charge < -0.3 is 0 Å². The monoisotopic (exact) mass is 253 g/mol. The van der Waals surface area contributed by atoms with E-state index >= 15 is 0 Å². The number of rotatable bonds is 4. The average Bonchev–Trinajstić information content (AvgIpc) is 2.47. The Morgan fingerprint density at radius 1 is 1.16 bits per heavy atom. The first-order chi connectivity index (χ1) is 9.31. The fraction of sp³-hybridized carbons (Fsp3) is 0.500. The summed E-state index contributed by atoms with van der Waals surface area (Å²) < 4.78 is 0. The van der Waals surface area contributed by atoms with Gasteiger partial charge in [0.2, 0.25) is 0 Å². The SMILES string of the molecule is CCC[C@H]1CC[C@H](C=Cc2ccc(C#N)cc2)CC1. The third kappa shape index (κ3) is 4.24. The zero-order chi connectivity index (χ0) is 13.5. The maximum absolute atomic E-state index is 8.76. The van der Waals surface area contributed by atoms with Crippen LogP contribution in [0.3, 0.4) is 0 Å². The van der Waals surface area contributed by atoms with Crippen LogP contribution >= 0.6 is 0 Å². The van der Waals surface area contributed by atoms with Crippen LogP contribution in [0.15, 0.2) is 30.3 Å². The molecule has 1 fully saturated rings. The Morgan fingerprint density at radius 3 is 2.42 bits per heavy atom. The maximum atomic E-state index is 8.76. The van der Waals surface area contributed by atoms with Crippen molar-refractivity contribution in [3.8, 4) is 6.07 Å². The lowest BCUT2D eigenvalue weighted by Gasteiger charge is -2.26. The van der Waals surface area contributed by atoms with Crippen LogP contribution in [-0.2, 0) is 0 Å². The van der Waals surface area contributed by atoms with Crippen LogP contribution in [0, 0.1) is 23.2 Å². The molecule has 0 spiro atoms. The predicted octanol–water partition coefficient (Wildman–Crippen LogP) is 5.18. The van der Waals surface area contributed by atoms with Crippen molar-refractivity contribution >= 4 is 6.08 Å². The van der Waals surface area contributed by atoms with E-state index in [1.807, 2.05) is 24.3 Å². The van der Waals surface area contributed by atoms with E-state index in [9.17, 15) is 0 Å². The minimum atomic E-state index is 0.734. The smallest absolute Gasteiger partial charge is 0.0991 e. The summed E-state index contributed by atoms with van der Waals surface area (Å²) in [5.41, 5.74) is 1.94. The highest BCUT2D eigenvalue weighted by Crippen LogP contribution is 2.32. The van der Waals surface area contributed by atoms with Crippen molar-refractivity contribution < 1.29 is 0 Å². The number of benzene rings is 1. The first-order valence-electron chi connectivity index (χ1n) is 7.50. The highest BCUT2D eigenvalue weighted by Gasteiger charge is 2.18. The van der Waals surface area contributed by atoms with Gasteiger partial charge in [-0.25, -0.2) is 0 Å². The van der Waals surface area contributed by atoms with Gasteiger partial charge in [-0.15, -0.1) is 0 Å². The van der Waals surface area contributed by atoms with E-state index in [2.05, 4.69) is 25.1 Å². The number of nitriles is 1. The van der Waals surface area contributed by atoms with Crippen molar-refractivity contribution in [2.75, 3.05) is 0 Å². The third-order valence-electron chi connectivity index (χ3n) is 4.19. The highest BCUT2D eigenvalue weighted by atomic mass is 14.2. The topological polar surface area (TPSA) is 23.8 Å². The quantitative estimate of drug-likeness (QED) is 0.725. The molecule has 1 saturated carbocycles. The van der Waals surface area contributed by atoms with Gasteiger partial charge in [0.05, 0.1) is 11.6 Å². The Balaban J connectivity index is 1.84. The van der Waals surface area contributed by atoms with Crippen LogP contribution in [0.5, 0.6) is 0 Å². The summed E-state index contributed by atoms with van der Waals surface area (Å²) in [4.78, 5) is 0. The Bertz CT molecular complexity index is 442. The van der Waals surface area contributed by atoms with Gasteiger partial charge in [0.1, 0.15) is 0 Å². The second-order valence-corrected chi connectivity index (χ2v) is 5.66. The van der Waals surface area contributed by atoms with Gasteiger partial charge in [-0.3, -0.25) is 0 Å². The summed E-state index contributed by atoms with van der Waals surface area (Å²) >= 11 is 0. The Kier molecular flexibility index (Phi) is 5.21. The molecule has 0 N–H and O–H groups in total. The lowest BCUT2D eigenvalue weighted by atomic mass is 9.80. The van der Waals surface area contributed by atoms with E-state index in [1.54, 1.807) is 0 Å². The highest BCUT2D eigenvalue weighted by molar-refractivity contribution is 5.51. The Labute approximate surface area is 117 Å². The van der Waals surface area contributed by atoms with E-state index in [-0.39, 0.29) is 0 Å². The molecule has 0 aliphatic heterocycles. The van der Waals surface area contributed by atoms with Crippen molar-refractivity contribution in [3.63, 3.8) is 0 Å². The van der Waals surface area contributed by atoms with Gasteiger partial charge in [-0.05, 0) is 55.2 Å². The van der Waals surface area contributed by atoms with Crippen molar-refractivity contribution in [2.45, 2.75) is 45.4 Å². The molecule has 1 heteroatoms. The van der Waals surface area contributed by atoms with Crippen molar-refractivity contribution in [2.24, 2.45) is 11.8 Å². The molecular weight excluding hydrogens is 230 g/mol. The minimum Gasteiger partial charge on any atom is -0.192 e. The Morgan fingerprint density at radius 2 is 1.84 bits per heavy atom. The van der Waals surface area contributed by atoms with E-state index in [4.69, 9.17) is 5.26 Å². The summed E-state index contributed by atoms with van der Waals surface area (Å²) in [5.74, 6) is 1.73. The second-order valence-electron chi connectivity index (χ2n) is 5.66. The summed E-state index contributed by atoms with van der Waals surface area (Å²) in [6, 6.07) is 9.98. The molecule has 0 radical (unpaired) electrons. The van der Waals surface area contributed by atoms with Crippen molar-refractivity contribution in [1.82, 2.24) is 0 Å². The zero-order valence-corrected chi connectivity index (χ0v) is 11.8. The zero-order valence-electron chi connectivity index (χ0n) is 11.8. The van der Waals surface area contributed by atoms with Gasteiger partial charge in [0, 0.05) is 0 Å². The molecule has 1 aromatic carbocycles. The van der Waals surface area contributed by atoms with Crippen LogP contribution in [0.2, 0.25) is 0 Å². The van der Waals surface area contributed by atoms with E-state index in [1.165, 1.54) is 44.1 Å². The number of hydrogen-bond acceptors (Lipinski definition) is 1. The van der Waals surface area contributed by atoms with Crippen LogP contribution < -0.4 is 0 Å².